The molecule has 154 valence electrons. The molecule has 2 amide bonds. The predicted octanol–water partition coefficient (Wildman–Crippen LogP) is 5.08. The minimum Gasteiger partial charge on any atom is -0.372 e. The summed E-state index contributed by atoms with van der Waals surface area (Å²) < 4.78 is 0. The van der Waals surface area contributed by atoms with Gasteiger partial charge in [-0.1, -0.05) is 29.3 Å². The Labute approximate surface area is 181 Å². The Morgan fingerprint density at radius 3 is 2.48 bits per heavy atom. The average molecular weight is 434 g/mol. The zero-order valence-corrected chi connectivity index (χ0v) is 18.3. The highest BCUT2D eigenvalue weighted by atomic mass is 35.5. The molecule has 2 aromatic rings. The zero-order chi connectivity index (χ0) is 21.1. The van der Waals surface area contributed by atoms with Crippen molar-refractivity contribution in [2.75, 3.05) is 23.8 Å². The minimum atomic E-state index is -0.522. The topological polar surface area (TPSA) is 52.7 Å². The molecule has 1 unspecified atom stereocenters. The summed E-state index contributed by atoms with van der Waals surface area (Å²) in [7, 11) is 2.01. The number of amides is 2. The number of halogens is 2. The van der Waals surface area contributed by atoms with Gasteiger partial charge in [0.15, 0.2) is 0 Å². The Hall–Kier alpha value is -2.24. The van der Waals surface area contributed by atoms with Crippen molar-refractivity contribution in [1.82, 2.24) is 4.90 Å². The fourth-order valence-corrected chi connectivity index (χ4v) is 3.98. The van der Waals surface area contributed by atoms with Gasteiger partial charge in [-0.2, -0.15) is 0 Å². The van der Waals surface area contributed by atoms with Crippen molar-refractivity contribution < 1.29 is 9.59 Å². The van der Waals surface area contributed by atoms with Crippen LogP contribution in [0.3, 0.4) is 0 Å². The number of hydrogen-bond acceptors (Lipinski definition) is 3. The lowest BCUT2D eigenvalue weighted by Crippen LogP contribution is -2.43. The van der Waals surface area contributed by atoms with Crippen LogP contribution < -0.4 is 10.2 Å². The van der Waals surface area contributed by atoms with Gasteiger partial charge in [-0.3, -0.25) is 9.59 Å². The van der Waals surface area contributed by atoms with Crippen LogP contribution in [-0.2, 0) is 4.79 Å². The summed E-state index contributed by atoms with van der Waals surface area (Å²) in [6.45, 7) is 4.74. The third-order valence-electron chi connectivity index (χ3n) is 5.22. The Morgan fingerprint density at radius 1 is 1.14 bits per heavy atom. The Bertz CT molecular complexity index is 896. The molecule has 1 atom stereocenters. The number of rotatable bonds is 5. The molecule has 0 aliphatic carbocycles. The fourth-order valence-electron chi connectivity index (χ4n) is 3.45. The van der Waals surface area contributed by atoms with E-state index in [0.717, 1.165) is 12.1 Å². The largest absolute Gasteiger partial charge is 0.372 e. The number of nitrogens with zero attached hydrogens (tertiary/aromatic N) is 2. The van der Waals surface area contributed by atoms with Crippen molar-refractivity contribution in [2.24, 2.45) is 0 Å². The van der Waals surface area contributed by atoms with Crippen LogP contribution in [0, 0.1) is 0 Å². The van der Waals surface area contributed by atoms with E-state index < -0.39 is 6.04 Å². The first kappa shape index (κ1) is 21.5. The molecule has 1 aliphatic rings. The molecule has 1 heterocycles. The van der Waals surface area contributed by atoms with E-state index in [1.54, 1.807) is 23.1 Å². The minimum absolute atomic E-state index is 0.187. The van der Waals surface area contributed by atoms with Gasteiger partial charge in [0.1, 0.15) is 6.04 Å². The van der Waals surface area contributed by atoms with E-state index in [2.05, 4.69) is 24.1 Å². The van der Waals surface area contributed by atoms with Gasteiger partial charge in [0.05, 0.1) is 0 Å². The molecule has 0 aromatic heterocycles. The van der Waals surface area contributed by atoms with Crippen LogP contribution in [0.25, 0.3) is 0 Å². The highest BCUT2D eigenvalue weighted by Gasteiger charge is 2.34. The van der Waals surface area contributed by atoms with Crippen LogP contribution >= 0.6 is 23.2 Å². The highest BCUT2D eigenvalue weighted by Crippen LogP contribution is 2.26. The molecular weight excluding hydrogens is 409 g/mol. The normalized spacial score (nSPS) is 16.2. The van der Waals surface area contributed by atoms with E-state index in [9.17, 15) is 9.59 Å². The van der Waals surface area contributed by atoms with E-state index in [-0.39, 0.29) is 11.8 Å². The van der Waals surface area contributed by atoms with Crippen molar-refractivity contribution in [3.63, 3.8) is 0 Å². The molecule has 3 rings (SSSR count). The number of likely N-dealkylation sites (tertiary alicyclic amines) is 1. The number of carbonyl (C=O) groups excluding carboxylic acids is 2. The lowest BCUT2D eigenvalue weighted by atomic mass is 10.1. The summed E-state index contributed by atoms with van der Waals surface area (Å²) in [4.78, 5) is 29.6. The highest BCUT2D eigenvalue weighted by molar-refractivity contribution is 6.35. The molecule has 0 spiro atoms. The molecule has 29 heavy (non-hydrogen) atoms. The number of anilines is 2. The SMILES string of the molecule is CC(C)N(C)c1cccc(NC(=O)C2CCCN2C(=O)c2cc(Cl)cc(Cl)c2)c1. The van der Waals surface area contributed by atoms with Gasteiger partial charge >= 0.3 is 0 Å². The summed E-state index contributed by atoms with van der Waals surface area (Å²) in [5.41, 5.74) is 2.12. The first-order valence-electron chi connectivity index (χ1n) is 9.67. The van der Waals surface area contributed by atoms with Crippen LogP contribution in [0.2, 0.25) is 10.0 Å². The summed E-state index contributed by atoms with van der Waals surface area (Å²) in [6, 6.07) is 12.3. The van der Waals surface area contributed by atoms with Gasteiger partial charge in [0.2, 0.25) is 5.91 Å². The van der Waals surface area contributed by atoms with E-state index in [0.29, 0.717) is 40.3 Å². The molecule has 2 aromatic carbocycles. The van der Waals surface area contributed by atoms with Gasteiger partial charge in [-0.15, -0.1) is 0 Å². The lowest BCUT2D eigenvalue weighted by molar-refractivity contribution is -0.119. The van der Waals surface area contributed by atoms with E-state index in [1.165, 1.54) is 0 Å². The van der Waals surface area contributed by atoms with Gasteiger partial charge in [-0.25, -0.2) is 0 Å². The Balaban J connectivity index is 1.75. The van der Waals surface area contributed by atoms with Gasteiger partial charge in [0, 0.05) is 46.6 Å². The molecule has 0 radical (unpaired) electrons. The standard InChI is InChI=1S/C22H25Cl2N3O2/c1-14(2)26(3)19-7-4-6-18(13-19)25-21(28)20-8-5-9-27(20)22(29)15-10-16(23)12-17(24)11-15/h4,6-7,10-14,20H,5,8-9H2,1-3H3,(H,25,28). The molecule has 1 fully saturated rings. The number of benzene rings is 2. The second kappa shape index (κ2) is 9.06. The number of nitrogens with one attached hydrogen (secondary N) is 1. The van der Waals surface area contributed by atoms with Crippen molar-refractivity contribution in [1.29, 1.82) is 0 Å². The van der Waals surface area contributed by atoms with Crippen LogP contribution in [0.4, 0.5) is 11.4 Å². The first-order valence-corrected chi connectivity index (χ1v) is 10.4. The summed E-state index contributed by atoms with van der Waals surface area (Å²) in [5, 5.41) is 3.76. The third-order valence-corrected chi connectivity index (χ3v) is 5.66. The van der Waals surface area contributed by atoms with E-state index in [1.807, 2.05) is 31.3 Å². The van der Waals surface area contributed by atoms with Gasteiger partial charge in [-0.05, 0) is 63.1 Å². The van der Waals surface area contributed by atoms with Crippen molar-refractivity contribution in [3.8, 4) is 0 Å². The van der Waals surface area contributed by atoms with E-state index >= 15 is 0 Å². The van der Waals surface area contributed by atoms with Crippen LogP contribution in [-0.4, -0.2) is 42.4 Å². The summed E-state index contributed by atoms with van der Waals surface area (Å²) in [5.74, 6) is -0.423. The molecule has 0 bridgehead atoms. The second-order valence-electron chi connectivity index (χ2n) is 7.56. The maximum Gasteiger partial charge on any atom is 0.254 e. The number of hydrogen-bond donors (Lipinski definition) is 1. The van der Waals surface area contributed by atoms with Crippen molar-refractivity contribution in [2.45, 2.75) is 38.8 Å². The fraction of sp³-hybridized carbons (Fsp3) is 0.364. The van der Waals surface area contributed by atoms with Crippen LogP contribution in [0.15, 0.2) is 42.5 Å². The molecular formula is C22H25Cl2N3O2. The maximum atomic E-state index is 13.0. The third kappa shape index (κ3) is 5.03. The molecule has 1 saturated heterocycles. The predicted molar refractivity (Wildman–Crippen MR) is 119 cm³/mol. The maximum absolute atomic E-state index is 13.0. The summed E-state index contributed by atoms with van der Waals surface area (Å²) in [6.07, 6.45) is 1.39. The van der Waals surface area contributed by atoms with Crippen molar-refractivity contribution >= 4 is 46.4 Å². The van der Waals surface area contributed by atoms with Crippen LogP contribution in [0.5, 0.6) is 0 Å². The first-order chi connectivity index (χ1) is 13.8. The lowest BCUT2D eigenvalue weighted by Gasteiger charge is -2.26. The van der Waals surface area contributed by atoms with Crippen molar-refractivity contribution in [3.05, 3.63) is 58.1 Å². The monoisotopic (exact) mass is 433 g/mol. The quantitative estimate of drug-likeness (QED) is 0.714. The van der Waals surface area contributed by atoms with Gasteiger partial charge in [0.25, 0.3) is 5.91 Å². The smallest absolute Gasteiger partial charge is 0.254 e. The molecule has 7 heteroatoms. The van der Waals surface area contributed by atoms with Crippen LogP contribution in [0.1, 0.15) is 37.0 Å². The van der Waals surface area contributed by atoms with E-state index in [4.69, 9.17) is 23.2 Å². The molecule has 1 N–H and O–H groups in total. The molecule has 5 nitrogen and oxygen atoms in total. The molecule has 1 aliphatic heterocycles. The number of carbonyl (C=O) groups is 2. The average Bonchev–Trinajstić information content (AvgIpc) is 3.16. The Kier molecular flexibility index (Phi) is 6.70. The second-order valence-corrected chi connectivity index (χ2v) is 8.43. The molecule has 0 saturated carbocycles. The Morgan fingerprint density at radius 2 is 1.83 bits per heavy atom. The van der Waals surface area contributed by atoms with Gasteiger partial charge < -0.3 is 15.1 Å². The zero-order valence-electron chi connectivity index (χ0n) is 16.8. The summed E-state index contributed by atoms with van der Waals surface area (Å²) >= 11 is 12.1.